The topological polar surface area (TPSA) is 33.1 Å². The van der Waals surface area contributed by atoms with Gasteiger partial charge in [-0.2, -0.15) is 0 Å². The first kappa shape index (κ1) is 9.97. The highest BCUT2D eigenvalue weighted by molar-refractivity contribution is 5.89. The minimum atomic E-state index is 0.316. The van der Waals surface area contributed by atoms with Crippen molar-refractivity contribution in [3.63, 3.8) is 0 Å². The molecular weight excluding hydrogens is 186 g/mol. The van der Waals surface area contributed by atoms with Crippen LogP contribution >= 0.6 is 0 Å². The molecule has 0 aliphatic heterocycles. The zero-order valence-electron chi connectivity index (χ0n) is 9.55. The smallest absolute Gasteiger partial charge is 0.144 e. The normalized spacial score (nSPS) is 10.9. The van der Waals surface area contributed by atoms with Crippen molar-refractivity contribution in [2.24, 2.45) is 0 Å². The molecule has 0 radical (unpaired) electrons. The maximum atomic E-state index is 10.0. The van der Waals surface area contributed by atoms with Gasteiger partial charge in [0.15, 0.2) is 0 Å². The van der Waals surface area contributed by atoms with Gasteiger partial charge in [0.25, 0.3) is 0 Å². The molecule has 0 atom stereocenters. The summed E-state index contributed by atoms with van der Waals surface area (Å²) in [4.78, 5) is 4.39. The van der Waals surface area contributed by atoms with Crippen LogP contribution < -0.4 is 0 Å². The Balaban J connectivity index is 3.00. The third kappa shape index (κ3) is 1.37. The first-order valence-electron chi connectivity index (χ1n) is 5.08. The fourth-order valence-corrected chi connectivity index (χ4v) is 1.88. The van der Waals surface area contributed by atoms with E-state index in [4.69, 9.17) is 0 Å². The van der Waals surface area contributed by atoms with Gasteiger partial charge in [-0.3, -0.25) is 0 Å². The molecule has 0 fully saturated rings. The molecule has 0 aliphatic rings. The number of aromatic nitrogens is 1. The molecule has 1 N–H and O–H groups in total. The number of nitrogens with zero attached hydrogens (tertiary/aromatic N) is 1. The van der Waals surface area contributed by atoms with Crippen LogP contribution in [-0.4, -0.2) is 10.1 Å². The summed E-state index contributed by atoms with van der Waals surface area (Å²) in [6.45, 7) is 7.97. The van der Waals surface area contributed by atoms with E-state index >= 15 is 0 Å². The highest BCUT2D eigenvalue weighted by Gasteiger charge is 2.11. The molecule has 0 unspecified atom stereocenters. The molecule has 2 aromatic rings. The Hall–Kier alpha value is -1.57. The van der Waals surface area contributed by atoms with Gasteiger partial charge in [0.1, 0.15) is 11.3 Å². The van der Waals surface area contributed by atoms with Crippen LogP contribution in [0.1, 0.15) is 22.4 Å². The number of rotatable bonds is 0. The lowest BCUT2D eigenvalue weighted by molar-refractivity contribution is 0.475. The molecule has 2 heteroatoms. The fourth-order valence-electron chi connectivity index (χ4n) is 1.88. The molecule has 1 heterocycles. The molecule has 0 saturated carbocycles. The molecule has 0 spiro atoms. The van der Waals surface area contributed by atoms with Gasteiger partial charge in [-0.1, -0.05) is 6.07 Å². The van der Waals surface area contributed by atoms with Crippen molar-refractivity contribution in [2.75, 3.05) is 0 Å². The summed E-state index contributed by atoms with van der Waals surface area (Å²) >= 11 is 0. The molecule has 0 bridgehead atoms. The number of phenolic OH excluding ortho intramolecular Hbond substituents is 1. The van der Waals surface area contributed by atoms with Crippen LogP contribution in [0.5, 0.6) is 5.75 Å². The van der Waals surface area contributed by atoms with E-state index in [0.717, 1.165) is 27.7 Å². The van der Waals surface area contributed by atoms with Crippen LogP contribution in [0.25, 0.3) is 10.9 Å². The second-order valence-corrected chi connectivity index (χ2v) is 4.07. The molecule has 1 aromatic heterocycles. The average Bonchev–Trinajstić information content (AvgIpc) is 2.23. The summed E-state index contributed by atoms with van der Waals surface area (Å²) in [5.41, 5.74) is 4.92. The fraction of sp³-hybridized carbons (Fsp3) is 0.308. The van der Waals surface area contributed by atoms with Crippen molar-refractivity contribution >= 4 is 10.9 Å². The molecule has 2 rings (SSSR count). The lowest BCUT2D eigenvalue weighted by Gasteiger charge is -2.12. The Morgan fingerprint density at radius 1 is 0.933 bits per heavy atom. The van der Waals surface area contributed by atoms with Gasteiger partial charge in [-0.05, 0) is 50.5 Å². The number of aryl methyl sites for hydroxylation is 2. The number of hydrogen-bond donors (Lipinski definition) is 1. The lowest BCUT2D eigenvalue weighted by Crippen LogP contribution is -1.93. The first-order chi connectivity index (χ1) is 7.02. The Bertz CT molecular complexity index is 544. The number of fused-ring (bicyclic) bond motifs is 1. The number of phenols is 1. The number of pyridine rings is 1. The SMILES string of the molecule is Cc1ccc2c(C)c(C)c(C)c(O)c2n1. The van der Waals surface area contributed by atoms with Gasteiger partial charge in [0.2, 0.25) is 0 Å². The number of hydrogen-bond acceptors (Lipinski definition) is 2. The van der Waals surface area contributed by atoms with Crippen LogP contribution in [0.3, 0.4) is 0 Å². The van der Waals surface area contributed by atoms with Gasteiger partial charge in [-0.25, -0.2) is 4.98 Å². The van der Waals surface area contributed by atoms with Crippen molar-refractivity contribution < 1.29 is 5.11 Å². The summed E-state index contributed by atoms with van der Waals surface area (Å²) in [6, 6.07) is 4.00. The molecule has 15 heavy (non-hydrogen) atoms. The molecule has 2 nitrogen and oxygen atoms in total. The maximum absolute atomic E-state index is 10.0. The summed E-state index contributed by atoms with van der Waals surface area (Å²) in [7, 11) is 0. The summed E-state index contributed by atoms with van der Waals surface area (Å²) in [5, 5.41) is 11.1. The van der Waals surface area contributed by atoms with Crippen LogP contribution in [0.15, 0.2) is 12.1 Å². The van der Waals surface area contributed by atoms with Crippen molar-refractivity contribution in [1.82, 2.24) is 4.98 Å². The van der Waals surface area contributed by atoms with Crippen molar-refractivity contribution in [2.45, 2.75) is 27.7 Å². The predicted molar refractivity (Wildman–Crippen MR) is 62.4 cm³/mol. The molecular formula is C13H15NO. The molecule has 0 amide bonds. The Morgan fingerprint density at radius 2 is 1.60 bits per heavy atom. The van der Waals surface area contributed by atoms with E-state index in [9.17, 15) is 5.11 Å². The third-order valence-electron chi connectivity index (χ3n) is 3.14. The Morgan fingerprint density at radius 3 is 2.27 bits per heavy atom. The highest BCUT2D eigenvalue weighted by atomic mass is 16.3. The first-order valence-corrected chi connectivity index (χ1v) is 5.08. The quantitative estimate of drug-likeness (QED) is 0.710. The van der Waals surface area contributed by atoms with E-state index in [1.807, 2.05) is 32.9 Å². The molecule has 0 saturated heterocycles. The molecule has 78 valence electrons. The van der Waals surface area contributed by atoms with Crippen LogP contribution in [-0.2, 0) is 0 Å². The van der Waals surface area contributed by atoms with E-state index in [2.05, 4.69) is 11.9 Å². The largest absolute Gasteiger partial charge is 0.505 e. The van der Waals surface area contributed by atoms with E-state index < -0.39 is 0 Å². The monoisotopic (exact) mass is 201 g/mol. The maximum Gasteiger partial charge on any atom is 0.144 e. The molecule has 1 aromatic carbocycles. The summed E-state index contributed by atoms with van der Waals surface area (Å²) < 4.78 is 0. The van der Waals surface area contributed by atoms with Crippen molar-refractivity contribution in [3.05, 3.63) is 34.5 Å². The van der Waals surface area contributed by atoms with Crippen LogP contribution in [0.2, 0.25) is 0 Å². The van der Waals surface area contributed by atoms with E-state index in [0.29, 0.717) is 5.75 Å². The van der Waals surface area contributed by atoms with Gasteiger partial charge >= 0.3 is 0 Å². The highest BCUT2D eigenvalue weighted by Crippen LogP contribution is 2.32. The zero-order chi connectivity index (χ0) is 11.2. The summed E-state index contributed by atoms with van der Waals surface area (Å²) in [6.07, 6.45) is 0. The van der Waals surface area contributed by atoms with Crippen LogP contribution in [0, 0.1) is 27.7 Å². The van der Waals surface area contributed by atoms with Crippen LogP contribution in [0.4, 0.5) is 0 Å². The van der Waals surface area contributed by atoms with E-state index in [1.54, 1.807) is 0 Å². The van der Waals surface area contributed by atoms with Crippen molar-refractivity contribution in [3.8, 4) is 5.75 Å². The molecule has 0 aliphatic carbocycles. The second-order valence-electron chi connectivity index (χ2n) is 4.07. The Labute approximate surface area is 89.6 Å². The summed E-state index contributed by atoms with van der Waals surface area (Å²) in [5.74, 6) is 0.316. The van der Waals surface area contributed by atoms with Gasteiger partial charge in [0.05, 0.1) is 0 Å². The number of aromatic hydroxyl groups is 1. The Kier molecular flexibility index (Phi) is 2.14. The minimum Gasteiger partial charge on any atom is -0.505 e. The third-order valence-corrected chi connectivity index (χ3v) is 3.14. The van der Waals surface area contributed by atoms with E-state index in [-0.39, 0.29) is 0 Å². The zero-order valence-corrected chi connectivity index (χ0v) is 9.55. The van der Waals surface area contributed by atoms with Gasteiger partial charge in [0, 0.05) is 11.1 Å². The van der Waals surface area contributed by atoms with E-state index in [1.165, 1.54) is 5.56 Å². The number of benzene rings is 1. The van der Waals surface area contributed by atoms with Gasteiger partial charge in [-0.15, -0.1) is 0 Å². The van der Waals surface area contributed by atoms with Gasteiger partial charge < -0.3 is 5.11 Å². The minimum absolute atomic E-state index is 0.316. The predicted octanol–water partition coefficient (Wildman–Crippen LogP) is 3.17. The van der Waals surface area contributed by atoms with Crippen molar-refractivity contribution in [1.29, 1.82) is 0 Å². The average molecular weight is 201 g/mol. The lowest BCUT2D eigenvalue weighted by atomic mass is 9.98. The second kappa shape index (κ2) is 3.23. The standard InChI is InChI=1S/C13H15NO/c1-7-5-6-11-9(3)8(2)10(4)13(15)12(11)14-7/h5-6,15H,1-4H3.